The summed E-state index contributed by atoms with van der Waals surface area (Å²) in [5.41, 5.74) is 4.31. The lowest BCUT2D eigenvalue weighted by molar-refractivity contribution is -0.114. The molecule has 0 saturated carbocycles. The van der Waals surface area contributed by atoms with Crippen LogP contribution >= 0.6 is 11.8 Å². The average molecular weight is 554 g/mol. The number of amides is 3. The molecule has 0 spiro atoms. The van der Waals surface area contributed by atoms with Crippen molar-refractivity contribution in [3.8, 4) is 0 Å². The predicted octanol–water partition coefficient (Wildman–Crippen LogP) is 6.58. The molecular formula is C32H28FN3O3S. The first-order valence-electron chi connectivity index (χ1n) is 12.5. The summed E-state index contributed by atoms with van der Waals surface area (Å²) in [5, 5.41) is 8.38. The van der Waals surface area contributed by atoms with Gasteiger partial charge in [0.05, 0.1) is 5.75 Å². The minimum absolute atomic E-state index is 0.00188. The van der Waals surface area contributed by atoms with Crippen LogP contribution in [-0.4, -0.2) is 23.5 Å². The number of anilines is 2. The van der Waals surface area contributed by atoms with E-state index in [0.717, 1.165) is 21.7 Å². The molecule has 0 heterocycles. The zero-order valence-electron chi connectivity index (χ0n) is 22.0. The third kappa shape index (κ3) is 8.15. The van der Waals surface area contributed by atoms with E-state index in [1.807, 2.05) is 32.0 Å². The van der Waals surface area contributed by atoms with Crippen LogP contribution in [0.1, 0.15) is 27.0 Å². The topological polar surface area (TPSA) is 87.3 Å². The molecule has 3 N–H and O–H groups in total. The monoisotopic (exact) mass is 553 g/mol. The zero-order chi connectivity index (χ0) is 28.5. The molecule has 0 radical (unpaired) electrons. The first kappa shape index (κ1) is 28.3. The lowest BCUT2D eigenvalue weighted by Gasteiger charge is -2.12. The smallest absolute Gasteiger partial charge is 0.272 e. The summed E-state index contributed by atoms with van der Waals surface area (Å²) in [6, 6.07) is 27.1. The standard InChI is InChI=1S/C32H28FN3O3S/c1-21-8-9-22(2)28(18-21)35-30(37)20-40-27-16-14-26(15-17-27)34-32(39)29(19-23-10-12-25(33)13-11-23)36-31(38)24-6-4-3-5-7-24/h3-19H,20H2,1-2H3,(H,34,39)(H,35,37)(H,36,38)/b29-19-. The van der Waals surface area contributed by atoms with Crippen LogP contribution in [0.5, 0.6) is 0 Å². The van der Waals surface area contributed by atoms with Gasteiger partial charge in [-0.1, -0.05) is 42.5 Å². The maximum atomic E-state index is 13.4. The number of halogens is 1. The Bertz CT molecular complexity index is 1540. The molecule has 6 nitrogen and oxygen atoms in total. The summed E-state index contributed by atoms with van der Waals surface area (Å²) in [6.45, 7) is 3.92. The van der Waals surface area contributed by atoms with Crippen LogP contribution in [0.3, 0.4) is 0 Å². The second-order valence-electron chi connectivity index (χ2n) is 9.06. The molecule has 0 bridgehead atoms. The Labute approximate surface area is 236 Å². The number of hydrogen-bond acceptors (Lipinski definition) is 4. The molecule has 40 heavy (non-hydrogen) atoms. The number of carbonyl (C=O) groups is 3. The van der Waals surface area contributed by atoms with Gasteiger partial charge in [-0.25, -0.2) is 4.39 Å². The quantitative estimate of drug-likeness (QED) is 0.161. The first-order chi connectivity index (χ1) is 19.3. The molecule has 8 heteroatoms. The highest BCUT2D eigenvalue weighted by Gasteiger charge is 2.15. The molecule has 0 aromatic heterocycles. The van der Waals surface area contributed by atoms with Gasteiger partial charge in [-0.15, -0.1) is 11.8 Å². The van der Waals surface area contributed by atoms with Crippen molar-refractivity contribution in [2.75, 3.05) is 16.4 Å². The Hall–Kier alpha value is -4.69. The Morgan fingerprint density at radius 3 is 2.23 bits per heavy atom. The number of hydrogen-bond donors (Lipinski definition) is 3. The van der Waals surface area contributed by atoms with E-state index in [1.54, 1.807) is 54.6 Å². The van der Waals surface area contributed by atoms with Crippen molar-refractivity contribution in [1.82, 2.24) is 5.32 Å². The third-order valence-electron chi connectivity index (χ3n) is 5.86. The number of thioether (sulfide) groups is 1. The van der Waals surface area contributed by atoms with E-state index in [-0.39, 0.29) is 17.4 Å². The molecule has 0 fully saturated rings. The summed E-state index contributed by atoms with van der Waals surface area (Å²) in [4.78, 5) is 39.2. The summed E-state index contributed by atoms with van der Waals surface area (Å²) in [5.74, 6) is -1.27. The van der Waals surface area contributed by atoms with Gasteiger partial charge in [0.25, 0.3) is 11.8 Å². The van der Waals surface area contributed by atoms with Crippen LogP contribution in [0, 0.1) is 19.7 Å². The number of aryl methyl sites for hydroxylation is 2. The van der Waals surface area contributed by atoms with Crippen LogP contribution in [0.15, 0.2) is 108 Å². The molecule has 4 rings (SSSR count). The highest BCUT2D eigenvalue weighted by molar-refractivity contribution is 8.00. The summed E-state index contributed by atoms with van der Waals surface area (Å²) in [6.07, 6.45) is 1.48. The second-order valence-corrected chi connectivity index (χ2v) is 10.1. The van der Waals surface area contributed by atoms with Crippen molar-refractivity contribution in [2.24, 2.45) is 0 Å². The van der Waals surface area contributed by atoms with Gasteiger partial charge >= 0.3 is 0 Å². The number of carbonyl (C=O) groups excluding carboxylic acids is 3. The highest BCUT2D eigenvalue weighted by atomic mass is 32.2. The number of rotatable bonds is 9. The molecule has 0 aliphatic carbocycles. The molecular weight excluding hydrogens is 525 g/mol. The van der Waals surface area contributed by atoms with Gasteiger partial charge in [-0.2, -0.15) is 0 Å². The minimum Gasteiger partial charge on any atom is -0.325 e. The zero-order valence-corrected chi connectivity index (χ0v) is 22.8. The van der Waals surface area contributed by atoms with Crippen molar-refractivity contribution in [3.05, 3.63) is 131 Å². The van der Waals surface area contributed by atoms with Crippen LogP contribution < -0.4 is 16.0 Å². The fourth-order valence-electron chi connectivity index (χ4n) is 3.71. The summed E-state index contributed by atoms with van der Waals surface area (Å²) < 4.78 is 13.4. The number of benzene rings is 4. The van der Waals surface area contributed by atoms with Gasteiger partial charge in [0.2, 0.25) is 5.91 Å². The van der Waals surface area contributed by atoms with Gasteiger partial charge in [0.1, 0.15) is 11.5 Å². The van der Waals surface area contributed by atoms with Gasteiger partial charge < -0.3 is 16.0 Å². The summed E-state index contributed by atoms with van der Waals surface area (Å²) >= 11 is 1.38. The predicted molar refractivity (Wildman–Crippen MR) is 159 cm³/mol. The molecule has 4 aromatic rings. The Morgan fingerprint density at radius 1 is 0.825 bits per heavy atom. The largest absolute Gasteiger partial charge is 0.325 e. The minimum atomic E-state index is -0.540. The fraction of sp³-hybridized carbons (Fsp3) is 0.0938. The molecule has 0 unspecified atom stereocenters. The van der Waals surface area contributed by atoms with Gasteiger partial charge in [-0.3, -0.25) is 14.4 Å². The molecule has 3 amide bonds. The van der Waals surface area contributed by atoms with Crippen LogP contribution in [0.25, 0.3) is 6.08 Å². The van der Waals surface area contributed by atoms with Crippen LogP contribution in [-0.2, 0) is 9.59 Å². The van der Waals surface area contributed by atoms with E-state index in [0.29, 0.717) is 16.8 Å². The van der Waals surface area contributed by atoms with Crippen molar-refractivity contribution >= 4 is 46.9 Å². The van der Waals surface area contributed by atoms with E-state index in [9.17, 15) is 18.8 Å². The van der Waals surface area contributed by atoms with Gasteiger partial charge in [-0.05, 0) is 91.2 Å². The van der Waals surface area contributed by atoms with E-state index in [4.69, 9.17) is 0 Å². The lowest BCUT2D eigenvalue weighted by atomic mass is 10.1. The van der Waals surface area contributed by atoms with Crippen LogP contribution in [0.4, 0.5) is 15.8 Å². The van der Waals surface area contributed by atoms with E-state index in [2.05, 4.69) is 16.0 Å². The molecule has 0 saturated heterocycles. The van der Waals surface area contributed by atoms with Crippen molar-refractivity contribution in [2.45, 2.75) is 18.7 Å². The normalized spacial score (nSPS) is 11.0. The molecule has 0 aliphatic heterocycles. The Balaban J connectivity index is 1.40. The number of nitrogens with one attached hydrogen (secondary N) is 3. The maximum Gasteiger partial charge on any atom is 0.272 e. The highest BCUT2D eigenvalue weighted by Crippen LogP contribution is 2.22. The third-order valence-corrected chi connectivity index (χ3v) is 6.87. The second kappa shape index (κ2) is 13.4. The van der Waals surface area contributed by atoms with Crippen molar-refractivity contribution < 1.29 is 18.8 Å². The lowest BCUT2D eigenvalue weighted by Crippen LogP contribution is -2.30. The first-order valence-corrected chi connectivity index (χ1v) is 13.5. The summed E-state index contributed by atoms with van der Waals surface area (Å²) in [7, 11) is 0. The molecule has 4 aromatic carbocycles. The van der Waals surface area contributed by atoms with Gasteiger partial charge in [0, 0.05) is 21.8 Å². The average Bonchev–Trinajstić information content (AvgIpc) is 2.96. The van der Waals surface area contributed by atoms with Crippen molar-refractivity contribution in [1.29, 1.82) is 0 Å². The molecule has 202 valence electrons. The van der Waals surface area contributed by atoms with Gasteiger partial charge in [0.15, 0.2) is 0 Å². The molecule has 0 atom stereocenters. The fourth-order valence-corrected chi connectivity index (χ4v) is 4.41. The Kier molecular flexibility index (Phi) is 9.48. The van der Waals surface area contributed by atoms with Crippen LogP contribution in [0.2, 0.25) is 0 Å². The van der Waals surface area contributed by atoms with E-state index < -0.39 is 17.6 Å². The Morgan fingerprint density at radius 2 is 1.52 bits per heavy atom. The SMILES string of the molecule is Cc1ccc(C)c(NC(=O)CSc2ccc(NC(=O)/C(=C/c3ccc(F)cc3)NC(=O)c3ccccc3)cc2)c1. The van der Waals surface area contributed by atoms with Crippen molar-refractivity contribution in [3.63, 3.8) is 0 Å². The van der Waals surface area contributed by atoms with E-state index in [1.165, 1.54) is 42.1 Å². The molecule has 0 aliphatic rings. The van der Waals surface area contributed by atoms with E-state index >= 15 is 0 Å². The maximum absolute atomic E-state index is 13.4.